The van der Waals surface area contributed by atoms with Gasteiger partial charge >= 0.3 is 5.97 Å². The zero-order valence-electron chi connectivity index (χ0n) is 17.8. The highest BCUT2D eigenvalue weighted by molar-refractivity contribution is 5.89. The number of aliphatic hydroxyl groups excluding tert-OH is 2. The van der Waals surface area contributed by atoms with Crippen LogP contribution in [0.15, 0.2) is 48.5 Å². The van der Waals surface area contributed by atoms with E-state index in [1.807, 2.05) is 36.4 Å². The van der Waals surface area contributed by atoms with Crippen LogP contribution in [0.25, 0.3) is 0 Å². The molecule has 2 atom stereocenters. The van der Waals surface area contributed by atoms with E-state index in [4.69, 9.17) is 4.74 Å². The molecule has 0 fully saturated rings. The molecule has 5 heteroatoms. The van der Waals surface area contributed by atoms with Gasteiger partial charge in [0.05, 0.1) is 17.8 Å². The Balaban J connectivity index is 1.79. The van der Waals surface area contributed by atoms with Crippen LogP contribution in [0.2, 0.25) is 0 Å². The summed E-state index contributed by atoms with van der Waals surface area (Å²) in [5, 5.41) is 28.7. The first-order valence-electron chi connectivity index (χ1n) is 10.8. The van der Waals surface area contributed by atoms with Gasteiger partial charge in [-0.2, -0.15) is 0 Å². The third-order valence-corrected chi connectivity index (χ3v) is 5.20. The van der Waals surface area contributed by atoms with Gasteiger partial charge in [-0.25, -0.2) is 4.79 Å². The molecule has 0 aliphatic rings. The summed E-state index contributed by atoms with van der Waals surface area (Å²) in [7, 11) is 0. The Bertz CT molecular complexity index is 757. The van der Waals surface area contributed by atoms with Crippen LogP contribution in [0.3, 0.4) is 0 Å². The Morgan fingerprint density at radius 2 is 1.67 bits per heavy atom. The number of aryl methyl sites for hydroxylation is 1. The van der Waals surface area contributed by atoms with Crippen molar-refractivity contribution in [2.45, 2.75) is 77.1 Å². The molecule has 3 N–H and O–H groups in total. The van der Waals surface area contributed by atoms with Gasteiger partial charge in [-0.1, -0.05) is 43.2 Å². The molecular weight excluding hydrogens is 380 g/mol. The molecule has 0 heterocycles. The highest BCUT2D eigenvalue weighted by Gasteiger charge is 2.12. The van der Waals surface area contributed by atoms with Crippen LogP contribution in [0, 0.1) is 0 Å². The fourth-order valence-corrected chi connectivity index (χ4v) is 3.48. The maximum atomic E-state index is 11.5. The van der Waals surface area contributed by atoms with E-state index in [2.05, 4.69) is 0 Å². The molecule has 0 spiro atoms. The van der Waals surface area contributed by atoms with Crippen LogP contribution in [-0.4, -0.2) is 33.5 Å². The summed E-state index contributed by atoms with van der Waals surface area (Å²) in [5.41, 5.74) is 2.17. The second-order valence-electron chi connectivity index (χ2n) is 7.93. The number of carboxylic acids is 1. The fraction of sp³-hybridized carbons (Fsp3) is 0.480. The van der Waals surface area contributed by atoms with Crippen molar-refractivity contribution in [2.75, 3.05) is 0 Å². The molecule has 0 amide bonds. The summed E-state index contributed by atoms with van der Waals surface area (Å²) in [4.78, 5) is 11.5. The van der Waals surface area contributed by atoms with E-state index in [1.165, 1.54) is 0 Å². The second-order valence-corrected chi connectivity index (χ2v) is 7.93. The van der Waals surface area contributed by atoms with Crippen LogP contribution in [0.4, 0.5) is 0 Å². The molecule has 2 aromatic rings. The van der Waals surface area contributed by atoms with Gasteiger partial charge in [0.15, 0.2) is 0 Å². The van der Waals surface area contributed by atoms with E-state index in [0.29, 0.717) is 24.3 Å². The third kappa shape index (κ3) is 8.97. The minimum Gasteiger partial charge on any atom is -0.489 e. The van der Waals surface area contributed by atoms with Gasteiger partial charge in [-0.15, -0.1) is 0 Å². The van der Waals surface area contributed by atoms with E-state index in [1.54, 1.807) is 19.1 Å². The van der Waals surface area contributed by atoms with E-state index < -0.39 is 5.97 Å². The fourth-order valence-electron chi connectivity index (χ4n) is 3.48. The molecule has 5 nitrogen and oxygen atoms in total. The Morgan fingerprint density at radius 1 is 0.933 bits per heavy atom. The third-order valence-electron chi connectivity index (χ3n) is 5.20. The maximum absolute atomic E-state index is 11.5. The standard InChI is InChI=1S/C25H34O5/c1-19(26)9-8-14-22(27)13-7-3-6-12-21-17-23(15-16-24(21)25(28)29)30-18-20-10-4-2-5-11-20/h2,4-5,10-11,15-17,19,22,26-27H,3,6-9,12-14,18H2,1H3,(H,28,29). The molecule has 30 heavy (non-hydrogen) atoms. The molecule has 0 radical (unpaired) electrons. The smallest absolute Gasteiger partial charge is 0.335 e. The molecule has 0 saturated heterocycles. The van der Waals surface area contributed by atoms with Gasteiger partial charge < -0.3 is 20.1 Å². The summed E-state index contributed by atoms with van der Waals surface area (Å²) in [6.45, 7) is 2.21. The first-order chi connectivity index (χ1) is 14.5. The van der Waals surface area contributed by atoms with Crippen LogP contribution >= 0.6 is 0 Å². The van der Waals surface area contributed by atoms with Gasteiger partial charge in [0.2, 0.25) is 0 Å². The lowest BCUT2D eigenvalue weighted by Gasteiger charge is -2.12. The summed E-state index contributed by atoms with van der Waals surface area (Å²) in [5.74, 6) is -0.250. The Kier molecular flexibility index (Phi) is 10.4. The number of ether oxygens (including phenoxy) is 1. The number of hydrogen-bond acceptors (Lipinski definition) is 4. The van der Waals surface area contributed by atoms with Gasteiger partial charge in [0.1, 0.15) is 12.4 Å². The van der Waals surface area contributed by atoms with E-state index in [-0.39, 0.29) is 12.2 Å². The molecule has 2 aromatic carbocycles. The second kappa shape index (κ2) is 13.0. The average molecular weight is 415 g/mol. The van der Waals surface area contributed by atoms with Crippen molar-refractivity contribution in [1.82, 2.24) is 0 Å². The number of unbranched alkanes of at least 4 members (excludes halogenated alkanes) is 2. The molecule has 2 rings (SSSR count). The van der Waals surface area contributed by atoms with E-state index in [0.717, 1.165) is 56.1 Å². The predicted octanol–water partition coefficient (Wildman–Crippen LogP) is 4.98. The number of benzene rings is 2. The van der Waals surface area contributed by atoms with Crippen LogP contribution in [-0.2, 0) is 13.0 Å². The van der Waals surface area contributed by atoms with Gasteiger partial charge in [0, 0.05) is 0 Å². The van der Waals surface area contributed by atoms with Gasteiger partial charge in [-0.05, 0) is 74.8 Å². The highest BCUT2D eigenvalue weighted by atomic mass is 16.5. The average Bonchev–Trinajstić information content (AvgIpc) is 2.72. The minimum atomic E-state index is -0.923. The Labute approximate surface area is 179 Å². The summed E-state index contributed by atoms with van der Waals surface area (Å²) < 4.78 is 5.84. The quantitative estimate of drug-likeness (QED) is 0.380. The largest absolute Gasteiger partial charge is 0.489 e. The zero-order valence-corrected chi connectivity index (χ0v) is 17.8. The highest BCUT2D eigenvalue weighted by Crippen LogP contribution is 2.22. The first kappa shape index (κ1) is 23.9. The number of hydrogen-bond donors (Lipinski definition) is 3. The maximum Gasteiger partial charge on any atom is 0.335 e. The van der Waals surface area contributed by atoms with Crippen molar-refractivity contribution in [2.24, 2.45) is 0 Å². The number of aromatic carboxylic acids is 1. The van der Waals surface area contributed by atoms with Crippen LogP contribution in [0.1, 0.15) is 73.4 Å². The monoisotopic (exact) mass is 414 g/mol. The molecule has 0 aliphatic carbocycles. The Morgan fingerprint density at radius 3 is 2.37 bits per heavy atom. The number of rotatable bonds is 14. The van der Waals surface area contributed by atoms with E-state index in [9.17, 15) is 20.1 Å². The lowest BCUT2D eigenvalue weighted by molar-refractivity contribution is 0.0695. The van der Waals surface area contributed by atoms with Crippen molar-refractivity contribution >= 4 is 5.97 Å². The number of aliphatic hydroxyl groups is 2. The Hall–Kier alpha value is -2.37. The number of carboxylic acid groups (broad SMARTS) is 1. The molecule has 0 saturated carbocycles. The summed E-state index contributed by atoms with van der Waals surface area (Å²) >= 11 is 0. The molecule has 164 valence electrons. The zero-order chi connectivity index (χ0) is 21.8. The van der Waals surface area contributed by atoms with Crippen molar-refractivity contribution in [3.8, 4) is 5.75 Å². The SMILES string of the molecule is CC(O)CCCC(O)CCCCCc1cc(OCc2ccccc2)ccc1C(=O)O. The lowest BCUT2D eigenvalue weighted by Crippen LogP contribution is -2.08. The lowest BCUT2D eigenvalue weighted by atomic mass is 9.99. The van der Waals surface area contributed by atoms with Crippen LogP contribution in [0.5, 0.6) is 5.75 Å². The van der Waals surface area contributed by atoms with Crippen molar-refractivity contribution < 1.29 is 24.9 Å². The molecular formula is C25H34O5. The first-order valence-corrected chi connectivity index (χ1v) is 10.8. The van der Waals surface area contributed by atoms with Crippen molar-refractivity contribution in [3.05, 3.63) is 65.2 Å². The van der Waals surface area contributed by atoms with Gasteiger partial charge in [-0.3, -0.25) is 0 Å². The molecule has 0 aromatic heterocycles. The predicted molar refractivity (Wildman–Crippen MR) is 118 cm³/mol. The topological polar surface area (TPSA) is 87.0 Å². The number of carbonyl (C=O) groups is 1. The summed E-state index contributed by atoms with van der Waals surface area (Å²) in [6, 6.07) is 15.0. The van der Waals surface area contributed by atoms with E-state index >= 15 is 0 Å². The minimum absolute atomic E-state index is 0.312. The van der Waals surface area contributed by atoms with Crippen molar-refractivity contribution in [1.29, 1.82) is 0 Å². The molecule has 2 unspecified atom stereocenters. The molecule has 0 aliphatic heterocycles. The van der Waals surface area contributed by atoms with Gasteiger partial charge in [0.25, 0.3) is 0 Å². The normalized spacial score (nSPS) is 13.0. The molecule has 0 bridgehead atoms. The summed E-state index contributed by atoms with van der Waals surface area (Å²) in [6.07, 6.45) is 5.74. The van der Waals surface area contributed by atoms with Crippen molar-refractivity contribution in [3.63, 3.8) is 0 Å². The van der Waals surface area contributed by atoms with Crippen LogP contribution < -0.4 is 4.74 Å².